The Morgan fingerprint density at radius 1 is 1.17 bits per heavy atom. The molecule has 5 N–H and O–H groups in total. The standard InChI is InChI=1S/C21H22ClN7O/c22-19-5-1-4-15(26-19)16-7-6-14(24)20(27-16)21(30)28-17-11-25-9-8-18(17)29-10-2-3-13(23)12-29/h1,4-9,11,13H,2-3,10,12,23-24H2,(H,28,30)/t13-/m0/s1. The summed E-state index contributed by atoms with van der Waals surface area (Å²) in [6, 6.07) is 10.5. The van der Waals surface area contributed by atoms with Crippen LogP contribution in [-0.2, 0) is 0 Å². The normalized spacial score (nSPS) is 16.3. The molecule has 0 bridgehead atoms. The highest BCUT2D eigenvalue weighted by molar-refractivity contribution is 6.29. The molecular formula is C21H22ClN7O. The van der Waals surface area contributed by atoms with Gasteiger partial charge in [-0.1, -0.05) is 17.7 Å². The maximum Gasteiger partial charge on any atom is 0.276 e. The molecule has 9 heteroatoms. The van der Waals surface area contributed by atoms with Crippen LogP contribution in [-0.4, -0.2) is 40.0 Å². The second kappa shape index (κ2) is 8.64. The fourth-order valence-corrected chi connectivity index (χ4v) is 3.68. The Hall–Kier alpha value is -3.23. The maximum atomic E-state index is 13.0. The lowest BCUT2D eigenvalue weighted by Crippen LogP contribution is -2.43. The molecule has 0 aliphatic carbocycles. The van der Waals surface area contributed by atoms with Crippen LogP contribution in [0, 0.1) is 0 Å². The third kappa shape index (κ3) is 4.34. The number of amides is 1. The second-order valence-corrected chi connectivity index (χ2v) is 7.56. The average molecular weight is 424 g/mol. The van der Waals surface area contributed by atoms with Gasteiger partial charge in [0, 0.05) is 25.3 Å². The summed E-state index contributed by atoms with van der Waals surface area (Å²) in [5.41, 5.74) is 15.1. The number of nitrogens with one attached hydrogen (secondary N) is 1. The topological polar surface area (TPSA) is 123 Å². The van der Waals surface area contributed by atoms with Gasteiger partial charge in [0.2, 0.25) is 0 Å². The number of anilines is 3. The van der Waals surface area contributed by atoms with Crippen molar-refractivity contribution in [3.05, 3.63) is 59.6 Å². The van der Waals surface area contributed by atoms with Crippen LogP contribution in [0.4, 0.5) is 17.1 Å². The molecule has 1 aliphatic heterocycles. The number of carbonyl (C=O) groups excluding carboxylic acids is 1. The second-order valence-electron chi connectivity index (χ2n) is 7.18. The molecule has 1 aliphatic rings. The van der Waals surface area contributed by atoms with E-state index in [2.05, 4.69) is 25.2 Å². The minimum absolute atomic E-state index is 0.106. The number of nitrogen functional groups attached to an aromatic ring is 1. The van der Waals surface area contributed by atoms with Crippen molar-refractivity contribution >= 4 is 34.6 Å². The van der Waals surface area contributed by atoms with Crippen LogP contribution in [0.15, 0.2) is 48.8 Å². The molecule has 0 aromatic carbocycles. The van der Waals surface area contributed by atoms with E-state index >= 15 is 0 Å². The van der Waals surface area contributed by atoms with Crippen LogP contribution < -0.4 is 21.7 Å². The Labute approximate surface area is 179 Å². The number of aromatic nitrogens is 3. The summed E-state index contributed by atoms with van der Waals surface area (Å²) in [6.45, 7) is 1.60. The lowest BCUT2D eigenvalue weighted by Gasteiger charge is -2.33. The minimum atomic E-state index is -0.424. The van der Waals surface area contributed by atoms with Crippen LogP contribution in [0.2, 0.25) is 5.15 Å². The summed E-state index contributed by atoms with van der Waals surface area (Å²) in [7, 11) is 0. The van der Waals surface area contributed by atoms with Gasteiger partial charge in [-0.05, 0) is 43.2 Å². The van der Waals surface area contributed by atoms with Crippen LogP contribution in [0.1, 0.15) is 23.3 Å². The molecule has 1 atom stereocenters. The van der Waals surface area contributed by atoms with Crippen LogP contribution in [0.5, 0.6) is 0 Å². The maximum absolute atomic E-state index is 13.0. The Morgan fingerprint density at radius 2 is 2.00 bits per heavy atom. The molecule has 4 heterocycles. The van der Waals surface area contributed by atoms with Crippen molar-refractivity contribution in [2.45, 2.75) is 18.9 Å². The number of pyridine rings is 3. The monoisotopic (exact) mass is 423 g/mol. The van der Waals surface area contributed by atoms with Crippen molar-refractivity contribution in [1.29, 1.82) is 0 Å². The smallest absolute Gasteiger partial charge is 0.276 e. The summed E-state index contributed by atoms with van der Waals surface area (Å²) < 4.78 is 0. The van der Waals surface area contributed by atoms with E-state index in [1.54, 1.807) is 42.7 Å². The molecule has 4 rings (SSSR count). The van der Waals surface area contributed by atoms with Crippen LogP contribution >= 0.6 is 11.6 Å². The van der Waals surface area contributed by atoms with Gasteiger partial charge in [-0.25, -0.2) is 9.97 Å². The number of rotatable bonds is 4. The van der Waals surface area contributed by atoms with Crippen molar-refractivity contribution in [3.63, 3.8) is 0 Å². The highest BCUT2D eigenvalue weighted by atomic mass is 35.5. The number of hydrogen-bond donors (Lipinski definition) is 3. The van der Waals surface area contributed by atoms with Gasteiger partial charge in [-0.3, -0.25) is 9.78 Å². The van der Waals surface area contributed by atoms with E-state index in [1.807, 2.05) is 6.07 Å². The number of nitrogens with two attached hydrogens (primary N) is 2. The van der Waals surface area contributed by atoms with Crippen molar-refractivity contribution in [2.24, 2.45) is 5.73 Å². The van der Waals surface area contributed by atoms with E-state index < -0.39 is 5.91 Å². The first-order valence-corrected chi connectivity index (χ1v) is 10.0. The molecule has 1 amide bonds. The number of carbonyl (C=O) groups is 1. The number of nitrogens with zero attached hydrogens (tertiary/aromatic N) is 4. The van der Waals surface area contributed by atoms with Gasteiger partial charge in [0.1, 0.15) is 5.15 Å². The van der Waals surface area contributed by atoms with E-state index in [0.29, 0.717) is 22.2 Å². The van der Waals surface area contributed by atoms with Gasteiger partial charge < -0.3 is 21.7 Å². The molecule has 8 nitrogen and oxygen atoms in total. The van der Waals surface area contributed by atoms with E-state index in [9.17, 15) is 4.79 Å². The average Bonchev–Trinajstić information content (AvgIpc) is 2.74. The zero-order chi connectivity index (χ0) is 21.1. The molecule has 0 saturated carbocycles. The first kappa shape index (κ1) is 20.1. The summed E-state index contributed by atoms with van der Waals surface area (Å²) in [5.74, 6) is -0.424. The van der Waals surface area contributed by atoms with Crippen molar-refractivity contribution in [3.8, 4) is 11.4 Å². The molecule has 0 unspecified atom stereocenters. The minimum Gasteiger partial charge on any atom is -0.397 e. The summed E-state index contributed by atoms with van der Waals surface area (Å²) in [4.78, 5) is 28.0. The molecular weight excluding hydrogens is 402 g/mol. The first-order chi connectivity index (χ1) is 14.5. The summed E-state index contributed by atoms with van der Waals surface area (Å²) in [6.07, 6.45) is 5.31. The fraction of sp³-hybridized carbons (Fsp3) is 0.238. The summed E-state index contributed by atoms with van der Waals surface area (Å²) in [5, 5.41) is 3.24. The molecule has 0 radical (unpaired) electrons. The van der Waals surface area contributed by atoms with Crippen molar-refractivity contribution < 1.29 is 4.79 Å². The van der Waals surface area contributed by atoms with Gasteiger partial charge in [0.05, 0.1) is 34.6 Å². The van der Waals surface area contributed by atoms with E-state index in [-0.39, 0.29) is 17.4 Å². The van der Waals surface area contributed by atoms with Gasteiger partial charge in [0.15, 0.2) is 5.69 Å². The Balaban J connectivity index is 1.61. The molecule has 3 aromatic heterocycles. The van der Waals surface area contributed by atoms with E-state index in [4.69, 9.17) is 23.1 Å². The van der Waals surface area contributed by atoms with Gasteiger partial charge >= 0.3 is 0 Å². The predicted octanol–water partition coefficient (Wildman–Crippen LogP) is 2.95. The highest BCUT2D eigenvalue weighted by Gasteiger charge is 2.21. The molecule has 3 aromatic rings. The fourth-order valence-electron chi connectivity index (χ4n) is 3.51. The lowest BCUT2D eigenvalue weighted by atomic mass is 10.1. The molecule has 1 saturated heterocycles. The quantitative estimate of drug-likeness (QED) is 0.551. The van der Waals surface area contributed by atoms with Gasteiger partial charge in [-0.15, -0.1) is 0 Å². The van der Waals surface area contributed by atoms with Gasteiger partial charge in [-0.2, -0.15) is 0 Å². The number of hydrogen-bond acceptors (Lipinski definition) is 7. The molecule has 30 heavy (non-hydrogen) atoms. The molecule has 0 spiro atoms. The third-order valence-corrected chi connectivity index (χ3v) is 5.17. The van der Waals surface area contributed by atoms with E-state index in [0.717, 1.165) is 31.6 Å². The van der Waals surface area contributed by atoms with E-state index in [1.165, 1.54) is 0 Å². The Bertz CT molecular complexity index is 1070. The SMILES string of the molecule is Nc1ccc(-c2cccc(Cl)n2)nc1C(=O)Nc1cnccc1N1CCC[C@H](N)C1. The predicted molar refractivity (Wildman–Crippen MR) is 119 cm³/mol. The van der Waals surface area contributed by atoms with Crippen LogP contribution in [0.3, 0.4) is 0 Å². The Kier molecular flexibility index (Phi) is 5.78. The number of halogens is 1. The highest BCUT2D eigenvalue weighted by Crippen LogP contribution is 2.28. The molecule has 1 fully saturated rings. The Morgan fingerprint density at radius 3 is 2.80 bits per heavy atom. The van der Waals surface area contributed by atoms with Crippen molar-refractivity contribution in [2.75, 3.05) is 29.0 Å². The zero-order valence-corrected chi connectivity index (χ0v) is 17.0. The summed E-state index contributed by atoms with van der Waals surface area (Å²) >= 11 is 5.97. The lowest BCUT2D eigenvalue weighted by molar-refractivity contribution is 0.102. The van der Waals surface area contributed by atoms with Crippen molar-refractivity contribution in [1.82, 2.24) is 15.0 Å². The zero-order valence-electron chi connectivity index (χ0n) is 16.3. The van der Waals surface area contributed by atoms with Gasteiger partial charge in [0.25, 0.3) is 5.91 Å². The van der Waals surface area contributed by atoms with Crippen LogP contribution in [0.25, 0.3) is 11.4 Å². The largest absolute Gasteiger partial charge is 0.397 e. The first-order valence-electron chi connectivity index (χ1n) is 9.66. The third-order valence-electron chi connectivity index (χ3n) is 4.96. The number of piperidine rings is 1. The molecule has 154 valence electrons.